The van der Waals surface area contributed by atoms with E-state index in [-0.39, 0.29) is 17.2 Å². The van der Waals surface area contributed by atoms with E-state index in [4.69, 9.17) is 9.47 Å². The Bertz CT molecular complexity index is 1740. The number of rotatable bonds is 6. The molecule has 0 radical (unpaired) electrons. The molecule has 198 valence electrons. The van der Waals surface area contributed by atoms with Gasteiger partial charge in [-0.2, -0.15) is 0 Å². The maximum Gasteiger partial charge on any atom is 0.355 e. The van der Waals surface area contributed by atoms with Crippen molar-refractivity contribution >= 4 is 11.9 Å². The largest absolute Gasteiger partial charge is 0.465 e. The van der Waals surface area contributed by atoms with Crippen LogP contribution in [0.15, 0.2) is 103 Å². The molecule has 1 aromatic heterocycles. The van der Waals surface area contributed by atoms with Crippen molar-refractivity contribution in [2.75, 3.05) is 14.2 Å². The minimum atomic E-state index is -0.703. The summed E-state index contributed by atoms with van der Waals surface area (Å²) >= 11 is 0. The maximum absolute atomic E-state index is 13.7. The number of aromatic nitrogens is 1. The minimum absolute atomic E-state index is 0.0128. The molecule has 5 nitrogen and oxygen atoms in total. The summed E-state index contributed by atoms with van der Waals surface area (Å²) in [4.78, 5) is 26.1. The fourth-order valence-corrected chi connectivity index (χ4v) is 5.68. The molecule has 40 heavy (non-hydrogen) atoms. The van der Waals surface area contributed by atoms with Gasteiger partial charge in [-0.1, -0.05) is 66.7 Å². The summed E-state index contributed by atoms with van der Waals surface area (Å²) in [6.45, 7) is 0. The molecule has 1 aliphatic rings. The van der Waals surface area contributed by atoms with Gasteiger partial charge in [-0.15, -0.1) is 0 Å². The Labute approximate surface area is 231 Å². The summed E-state index contributed by atoms with van der Waals surface area (Å²) in [6, 6.07) is 30.6. The third-order valence-corrected chi connectivity index (χ3v) is 7.53. The van der Waals surface area contributed by atoms with Crippen LogP contribution in [0.2, 0.25) is 0 Å². The van der Waals surface area contributed by atoms with Gasteiger partial charge in [0, 0.05) is 23.4 Å². The Morgan fingerprint density at radius 3 is 2.15 bits per heavy atom. The predicted molar refractivity (Wildman–Crippen MR) is 151 cm³/mol. The third-order valence-electron chi connectivity index (χ3n) is 7.53. The first-order valence-electron chi connectivity index (χ1n) is 13.0. The van der Waals surface area contributed by atoms with E-state index in [1.165, 1.54) is 43.0 Å². The summed E-state index contributed by atoms with van der Waals surface area (Å²) in [5.74, 6) is -1.59. The lowest BCUT2D eigenvalue weighted by Crippen LogP contribution is -2.15. The highest BCUT2D eigenvalue weighted by Crippen LogP contribution is 2.48. The van der Waals surface area contributed by atoms with Crippen molar-refractivity contribution in [3.05, 3.63) is 137 Å². The van der Waals surface area contributed by atoms with Gasteiger partial charge in [0.15, 0.2) is 0 Å². The first kappa shape index (κ1) is 25.3. The SMILES string of the molecule is COC(=O)c1c(-c2ccc3c(c2)-c2ccccc2C3Cc2ccccc2)cn(-c2ccc(F)cc2)c1C(=O)OC. The fourth-order valence-electron chi connectivity index (χ4n) is 5.68. The number of carbonyl (C=O) groups is 2. The molecule has 6 rings (SSSR count). The van der Waals surface area contributed by atoms with Gasteiger partial charge in [0.2, 0.25) is 0 Å². The van der Waals surface area contributed by atoms with Crippen LogP contribution in [0, 0.1) is 5.82 Å². The van der Waals surface area contributed by atoms with E-state index in [1.807, 2.05) is 18.2 Å². The van der Waals surface area contributed by atoms with Crippen molar-refractivity contribution < 1.29 is 23.5 Å². The molecule has 1 heterocycles. The quantitative estimate of drug-likeness (QED) is 0.217. The minimum Gasteiger partial charge on any atom is -0.465 e. The van der Waals surface area contributed by atoms with E-state index in [0.717, 1.165) is 23.1 Å². The smallest absolute Gasteiger partial charge is 0.355 e. The fraction of sp³-hybridized carbons (Fsp3) is 0.118. The molecule has 0 fully saturated rings. The average molecular weight is 532 g/mol. The summed E-state index contributed by atoms with van der Waals surface area (Å²) in [5.41, 5.74) is 7.82. The molecule has 6 heteroatoms. The van der Waals surface area contributed by atoms with Crippen LogP contribution >= 0.6 is 0 Å². The summed E-state index contributed by atoms with van der Waals surface area (Å²) < 4.78 is 25.4. The molecule has 0 saturated heterocycles. The van der Waals surface area contributed by atoms with Gasteiger partial charge >= 0.3 is 11.9 Å². The van der Waals surface area contributed by atoms with Crippen LogP contribution in [-0.2, 0) is 15.9 Å². The Hall–Kier alpha value is -4.97. The molecule has 0 bridgehead atoms. The molecule has 1 atom stereocenters. The number of fused-ring (bicyclic) bond motifs is 3. The number of benzene rings is 4. The molecule has 0 amide bonds. The lowest BCUT2D eigenvalue weighted by atomic mass is 9.89. The van der Waals surface area contributed by atoms with Crippen LogP contribution in [0.4, 0.5) is 4.39 Å². The number of methoxy groups -OCH3 is 2. The zero-order valence-corrected chi connectivity index (χ0v) is 22.1. The van der Waals surface area contributed by atoms with E-state index in [9.17, 15) is 14.0 Å². The summed E-state index contributed by atoms with van der Waals surface area (Å²) in [6.07, 6.45) is 2.57. The van der Waals surface area contributed by atoms with E-state index in [0.29, 0.717) is 11.3 Å². The standard InChI is InChI=1S/C34H26FNO4/c1-39-33(37)31-30(20-36(32(31)34(38)40-2)24-15-13-23(35)14-16-24)22-12-17-27-28(18-21-8-4-3-5-9-21)25-10-6-7-11-26(25)29(27)19-22/h3-17,19-20,28H,18H2,1-2H3. The van der Waals surface area contributed by atoms with Crippen molar-refractivity contribution in [3.8, 4) is 27.9 Å². The van der Waals surface area contributed by atoms with Crippen LogP contribution < -0.4 is 0 Å². The van der Waals surface area contributed by atoms with Crippen molar-refractivity contribution in [3.63, 3.8) is 0 Å². The van der Waals surface area contributed by atoms with Crippen LogP contribution in [0.5, 0.6) is 0 Å². The van der Waals surface area contributed by atoms with Crippen LogP contribution in [-0.4, -0.2) is 30.7 Å². The van der Waals surface area contributed by atoms with E-state index < -0.39 is 17.8 Å². The summed E-state index contributed by atoms with van der Waals surface area (Å²) in [5, 5.41) is 0. The zero-order valence-electron chi connectivity index (χ0n) is 22.1. The second-order valence-corrected chi connectivity index (χ2v) is 9.73. The van der Waals surface area contributed by atoms with Crippen molar-refractivity contribution in [2.24, 2.45) is 0 Å². The van der Waals surface area contributed by atoms with E-state index >= 15 is 0 Å². The second kappa shape index (κ2) is 10.3. The summed E-state index contributed by atoms with van der Waals surface area (Å²) in [7, 11) is 2.53. The molecule has 1 aliphatic carbocycles. The highest BCUT2D eigenvalue weighted by molar-refractivity contribution is 6.08. The second-order valence-electron chi connectivity index (χ2n) is 9.73. The van der Waals surface area contributed by atoms with Gasteiger partial charge in [0.25, 0.3) is 0 Å². The molecule has 0 spiro atoms. The zero-order chi connectivity index (χ0) is 27.8. The van der Waals surface area contributed by atoms with E-state index in [2.05, 4.69) is 54.6 Å². The molecule has 4 aromatic carbocycles. The Morgan fingerprint density at radius 1 is 0.750 bits per heavy atom. The molecular formula is C34H26FNO4. The Kier molecular flexibility index (Phi) is 6.52. The number of hydrogen-bond acceptors (Lipinski definition) is 4. The van der Waals surface area contributed by atoms with E-state index in [1.54, 1.807) is 22.9 Å². The van der Waals surface area contributed by atoms with Gasteiger partial charge in [-0.05, 0) is 70.1 Å². The predicted octanol–water partition coefficient (Wildman–Crippen LogP) is 7.21. The Balaban J connectivity index is 1.54. The lowest BCUT2D eigenvalue weighted by molar-refractivity contribution is 0.0550. The van der Waals surface area contributed by atoms with Crippen molar-refractivity contribution in [1.82, 2.24) is 4.57 Å². The number of ether oxygens (including phenoxy) is 2. The molecule has 0 saturated carbocycles. The van der Waals surface area contributed by atoms with Crippen LogP contribution in [0.25, 0.3) is 27.9 Å². The van der Waals surface area contributed by atoms with Gasteiger partial charge in [-0.25, -0.2) is 14.0 Å². The van der Waals surface area contributed by atoms with Gasteiger partial charge in [0.1, 0.15) is 17.1 Å². The normalized spacial score (nSPS) is 13.4. The highest BCUT2D eigenvalue weighted by Gasteiger charge is 2.32. The average Bonchev–Trinajstić information content (AvgIpc) is 3.54. The number of halogens is 1. The Morgan fingerprint density at radius 2 is 1.43 bits per heavy atom. The van der Waals surface area contributed by atoms with Crippen LogP contribution in [0.3, 0.4) is 0 Å². The maximum atomic E-state index is 13.7. The number of esters is 2. The number of carbonyl (C=O) groups excluding carboxylic acids is 2. The molecule has 0 aliphatic heterocycles. The van der Waals surface area contributed by atoms with Gasteiger partial charge < -0.3 is 14.0 Å². The third kappa shape index (κ3) is 4.28. The van der Waals surface area contributed by atoms with Gasteiger partial charge in [-0.3, -0.25) is 0 Å². The molecular weight excluding hydrogens is 505 g/mol. The first-order chi connectivity index (χ1) is 19.5. The van der Waals surface area contributed by atoms with Crippen LogP contribution in [0.1, 0.15) is 43.5 Å². The topological polar surface area (TPSA) is 57.5 Å². The number of nitrogens with zero attached hydrogens (tertiary/aromatic N) is 1. The highest BCUT2D eigenvalue weighted by atomic mass is 19.1. The molecule has 1 unspecified atom stereocenters. The van der Waals surface area contributed by atoms with Gasteiger partial charge in [0.05, 0.1) is 14.2 Å². The lowest BCUT2D eigenvalue weighted by Gasteiger charge is -2.14. The molecule has 5 aromatic rings. The molecule has 0 N–H and O–H groups in total. The first-order valence-corrected chi connectivity index (χ1v) is 13.0. The van der Waals surface area contributed by atoms with Crippen molar-refractivity contribution in [1.29, 1.82) is 0 Å². The number of hydrogen-bond donors (Lipinski definition) is 0. The van der Waals surface area contributed by atoms with Crippen molar-refractivity contribution in [2.45, 2.75) is 12.3 Å². The monoisotopic (exact) mass is 531 g/mol.